The van der Waals surface area contributed by atoms with Crippen LogP contribution in [0.4, 0.5) is 0 Å². The molecule has 1 aromatic rings. The van der Waals surface area contributed by atoms with Crippen LogP contribution in [0.3, 0.4) is 0 Å². The first kappa shape index (κ1) is 12.4. The zero-order valence-electron chi connectivity index (χ0n) is 7.87. The monoisotopic (exact) mass is 256 g/mol. The molecule has 0 heterocycles. The molecule has 0 spiro atoms. The lowest BCUT2D eigenvalue weighted by Crippen LogP contribution is -2.12. The Morgan fingerprint density at radius 2 is 2.12 bits per heavy atom. The summed E-state index contributed by atoms with van der Waals surface area (Å²) >= 11 is 11.4. The van der Waals surface area contributed by atoms with Crippen LogP contribution in [-0.4, -0.2) is 11.0 Å². The maximum atomic E-state index is 10.8. The van der Waals surface area contributed by atoms with Gasteiger partial charge in [0.1, 0.15) is 17.4 Å². The van der Waals surface area contributed by atoms with Crippen LogP contribution in [0.5, 0.6) is 5.75 Å². The van der Waals surface area contributed by atoms with Crippen LogP contribution >= 0.6 is 23.2 Å². The SMILES string of the molecule is N#C/C(=C/c1c(O)cc(Cl)cc1Cl)C(N)=O. The average Bonchev–Trinajstić information content (AvgIpc) is 2.15. The van der Waals surface area contributed by atoms with E-state index in [0.717, 1.165) is 6.08 Å². The number of nitriles is 1. The molecule has 6 heteroatoms. The summed E-state index contributed by atoms with van der Waals surface area (Å²) in [7, 11) is 0. The molecule has 3 N–H and O–H groups in total. The molecule has 0 bridgehead atoms. The Bertz CT molecular complexity index is 495. The molecule has 0 saturated heterocycles. The molecule has 0 unspecified atom stereocenters. The van der Waals surface area contributed by atoms with E-state index >= 15 is 0 Å². The zero-order chi connectivity index (χ0) is 12.3. The predicted molar refractivity (Wildman–Crippen MR) is 60.9 cm³/mol. The number of nitrogens with zero attached hydrogens (tertiary/aromatic N) is 1. The van der Waals surface area contributed by atoms with Crippen LogP contribution in [0, 0.1) is 11.3 Å². The highest BCUT2D eigenvalue weighted by atomic mass is 35.5. The van der Waals surface area contributed by atoms with Gasteiger partial charge in [0.15, 0.2) is 0 Å². The van der Waals surface area contributed by atoms with E-state index in [1.54, 1.807) is 6.07 Å². The smallest absolute Gasteiger partial charge is 0.259 e. The number of carbonyl (C=O) groups is 1. The van der Waals surface area contributed by atoms with Crippen molar-refractivity contribution in [1.29, 1.82) is 5.26 Å². The van der Waals surface area contributed by atoms with E-state index < -0.39 is 5.91 Å². The number of rotatable bonds is 2. The summed E-state index contributed by atoms with van der Waals surface area (Å²) in [6, 6.07) is 4.23. The van der Waals surface area contributed by atoms with Crippen molar-refractivity contribution in [3.05, 3.63) is 33.3 Å². The maximum absolute atomic E-state index is 10.8. The van der Waals surface area contributed by atoms with Gasteiger partial charge >= 0.3 is 0 Å². The van der Waals surface area contributed by atoms with Crippen LogP contribution in [0.1, 0.15) is 5.56 Å². The van der Waals surface area contributed by atoms with Gasteiger partial charge in [-0.2, -0.15) is 5.26 Å². The number of aromatic hydroxyl groups is 1. The molecule has 0 atom stereocenters. The van der Waals surface area contributed by atoms with Crippen LogP contribution in [0.25, 0.3) is 6.08 Å². The molecule has 1 amide bonds. The first-order valence-electron chi connectivity index (χ1n) is 4.05. The van der Waals surface area contributed by atoms with Gasteiger partial charge in [-0.05, 0) is 18.2 Å². The lowest BCUT2D eigenvalue weighted by Gasteiger charge is -2.03. The third kappa shape index (κ3) is 2.66. The van der Waals surface area contributed by atoms with Crippen LogP contribution in [0.2, 0.25) is 10.0 Å². The summed E-state index contributed by atoms with van der Waals surface area (Å²) in [6.45, 7) is 0. The lowest BCUT2D eigenvalue weighted by atomic mass is 10.1. The Hall–Kier alpha value is -1.70. The van der Waals surface area contributed by atoms with E-state index in [1.807, 2.05) is 0 Å². The van der Waals surface area contributed by atoms with Gasteiger partial charge in [0.05, 0.1) is 5.02 Å². The highest BCUT2D eigenvalue weighted by Gasteiger charge is 2.10. The summed E-state index contributed by atoms with van der Waals surface area (Å²) in [5.74, 6) is -1.13. The number of hydrogen-bond donors (Lipinski definition) is 2. The second-order valence-corrected chi connectivity index (χ2v) is 3.70. The Labute approximate surface area is 101 Å². The van der Waals surface area contributed by atoms with Gasteiger partial charge in [-0.3, -0.25) is 4.79 Å². The van der Waals surface area contributed by atoms with Crippen molar-refractivity contribution < 1.29 is 9.90 Å². The van der Waals surface area contributed by atoms with Gasteiger partial charge in [-0.1, -0.05) is 23.2 Å². The molecule has 0 aliphatic rings. The third-order valence-corrected chi connectivity index (χ3v) is 2.28. The third-order valence-electron chi connectivity index (χ3n) is 1.75. The van der Waals surface area contributed by atoms with Crippen molar-refractivity contribution in [2.24, 2.45) is 5.73 Å². The largest absolute Gasteiger partial charge is 0.507 e. The second-order valence-electron chi connectivity index (χ2n) is 2.85. The highest BCUT2D eigenvalue weighted by Crippen LogP contribution is 2.31. The number of phenols is 1. The van der Waals surface area contributed by atoms with E-state index in [0.29, 0.717) is 0 Å². The first-order chi connectivity index (χ1) is 7.45. The molecule has 0 aliphatic carbocycles. The molecule has 82 valence electrons. The lowest BCUT2D eigenvalue weighted by molar-refractivity contribution is -0.114. The molecule has 0 radical (unpaired) electrons. The summed E-state index contributed by atoms with van der Waals surface area (Å²) in [5, 5.41) is 18.5. The molecule has 0 aliphatic heterocycles. The first-order valence-corrected chi connectivity index (χ1v) is 4.81. The quantitative estimate of drug-likeness (QED) is 0.628. The van der Waals surface area contributed by atoms with Gasteiger partial charge in [-0.15, -0.1) is 0 Å². The average molecular weight is 257 g/mol. The molecule has 4 nitrogen and oxygen atoms in total. The predicted octanol–water partition coefficient (Wildman–Crippen LogP) is 2.09. The molecule has 0 saturated carbocycles. The molecule has 0 aromatic heterocycles. The van der Waals surface area contributed by atoms with Crippen molar-refractivity contribution in [2.45, 2.75) is 0 Å². The van der Waals surface area contributed by atoms with Gasteiger partial charge in [0.25, 0.3) is 5.91 Å². The van der Waals surface area contributed by atoms with E-state index in [9.17, 15) is 9.90 Å². The van der Waals surface area contributed by atoms with E-state index in [4.69, 9.17) is 34.2 Å². The van der Waals surface area contributed by atoms with Crippen molar-refractivity contribution in [2.75, 3.05) is 0 Å². The minimum Gasteiger partial charge on any atom is -0.507 e. The van der Waals surface area contributed by atoms with E-state index in [2.05, 4.69) is 0 Å². The highest BCUT2D eigenvalue weighted by molar-refractivity contribution is 6.36. The number of hydrogen-bond acceptors (Lipinski definition) is 3. The molecular weight excluding hydrogens is 251 g/mol. The number of nitrogens with two attached hydrogens (primary N) is 1. The fraction of sp³-hybridized carbons (Fsp3) is 0. The van der Waals surface area contributed by atoms with Crippen molar-refractivity contribution in [3.8, 4) is 11.8 Å². The molecule has 16 heavy (non-hydrogen) atoms. The Morgan fingerprint density at radius 3 is 2.56 bits per heavy atom. The number of primary amides is 1. The Balaban J connectivity index is 3.36. The number of phenolic OH excluding ortho intramolecular Hbond substituents is 1. The van der Waals surface area contributed by atoms with Crippen molar-refractivity contribution >= 4 is 35.2 Å². The second kappa shape index (κ2) is 4.88. The maximum Gasteiger partial charge on any atom is 0.259 e. The summed E-state index contributed by atoms with van der Waals surface area (Å²) in [5.41, 5.74) is 4.76. The molecule has 0 fully saturated rings. The summed E-state index contributed by atoms with van der Waals surface area (Å²) in [6.07, 6.45) is 1.11. The van der Waals surface area contributed by atoms with Gasteiger partial charge in [0.2, 0.25) is 0 Å². The summed E-state index contributed by atoms with van der Waals surface area (Å²) in [4.78, 5) is 10.8. The van der Waals surface area contributed by atoms with Crippen molar-refractivity contribution in [3.63, 3.8) is 0 Å². The van der Waals surface area contributed by atoms with Crippen LogP contribution < -0.4 is 5.73 Å². The van der Waals surface area contributed by atoms with Crippen LogP contribution in [-0.2, 0) is 4.79 Å². The normalized spacial score (nSPS) is 10.9. The minimum absolute atomic E-state index is 0.124. The number of carbonyl (C=O) groups excluding carboxylic acids is 1. The van der Waals surface area contributed by atoms with E-state index in [1.165, 1.54) is 12.1 Å². The van der Waals surface area contributed by atoms with Gasteiger partial charge < -0.3 is 10.8 Å². The van der Waals surface area contributed by atoms with E-state index in [-0.39, 0.29) is 26.9 Å². The van der Waals surface area contributed by atoms with Gasteiger partial charge in [-0.25, -0.2) is 0 Å². The fourth-order valence-electron chi connectivity index (χ4n) is 1.02. The number of halogens is 2. The fourth-order valence-corrected chi connectivity index (χ4v) is 1.55. The van der Waals surface area contributed by atoms with Crippen molar-refractivity contribution in [1.82, 2.24) is 0 Å². The molecule has 1 rings (SSSR count). The standard InChI is InChI=1S/C10H6Cl2N2O2/c11-6-2-8(12)7(9(15)3-6)1-5(4-13)10(14)16/h1-3,15H,(H2,14,16)/b5-1-. The zero-order valence-corrected chi connectivity index (χ0v) is 9.38. The molecular formula is C10H6Cl2N2O2. The number of amides is 1. The topological polar surface area (TPSA) is 87.1 Å². The minimum atomic E-state index is -0.895. The Morgan fingerprint density at radius 1 is 1.50 bits per heavy atom. The Kier molecular flexibility index (Phi) is 3.78. The van der Waals surface area contributed by atoms with Gasteiger partial charge in [0, 0.05) is 10.6 Å². The summed E-state index contributed by atoms with van der Waals surface area (Å²) < 4.78 is 0. The molecule has 1 aromatic carbocycles. The number of benzene rings is 1. The van der Waals surface area contributed by atoms with Crippen LogP contribution in [0.15, 0.2) is 17.7 Å².